The Balaban J connectivity index is 2.08. The molecule has 1 aromatic rings. The van der Waals surface area contributed by atoms with Crippen molar-refractivity contribution >= 4 is 13.6 Å². The van der Waals surface area contributed by atoms with E-state index in [1.807, 2.05) is 6.07 Å². The van der Waals surface area contributed by atoms with Gasteiger partial charge in [-0.3, -0.25) is 13.9 Å². The lowest BCUT2D eigenvalue weighted by Crippen LogP contribution is -2.34. The largest absolute Gasteiger partial charge is 0.469 e. The molecule has 2 atom stereocenters. The van der Waals surface area contributed by atoms with Gasteiger partial charge in [0.15, 0.2) is 5.79 Å². The maximum atomic E-state index is 12.3. The lowest BCUT2D eigenvalue weighted by molar-refractivity contribution is -0.178. The molecular formula is C14H19O6P. The Hall–Kier alpha value is -1.20. The van der Waals surface area contributed by atoms with Gasteiger partial charge >= 0.3 is 13.6 Å². The van der Waals surface area contributed by atoms with E-state index in [2.05, 4.69) is 4.74 Å². The van der Waals surface area contributed by atoms with E-state index < -0.39 is 19.4 Å². The quantitative estimate of drug-likeness (QED) is 0.641. The zero-order valence-corrected chi connectivity index (χ0v) is 12.8. The van der Waals surface area contributed by atoms with Crippen molar-refractivity contribution < 1.29 is 28.3 Å². The smallest absolute Gasteiger partial charge is 0.335 e. The van der Waals surface area contributed by atoms with Crippen LogP contribution >= 0.6 is 7.60 Å². The molecule has 0 bridgehead atoms. The number of carbonyl (C=O) groups excluding carboxylic acids is 1. The van der Waals surface area contributed by atoms with Gasteiger partial charge in [-0.25, -0.2) is 0 Å². The molecule has 1 saturated heterocycles. The van der Waals surface area contributed by atoms with E-state index in [1.54, 1.807) is 24.3 Å². The molecule has 116 valence electrons. The number of rotatable bonds is 6. The first-order chi connectivity index (χ1) is 9.95. The normalized spacial score (nSPS) is 24.5. The van der Waals surface area contributed by atoms with Gasteiger partial charge in [-0.2, -0.15) is 0 Å². The molecule has 1 heterocycles. The average Bonchev–Trinajstić information content (AvgIpc) is 2.86. The van der Waals surface area contributed by atoms with Gasteiger partial charge in [-0.15, -0.1) is 0 Å². The van der Waals surface area contributed by atoms with Crippen LogP contribution in [0.5, 0.6) is 0 Å². The topological polar surface area (TPSA) is 82.1 Å². The Labute approximate surface area is 123 Å². The number of hydrogen-bond acceptors (Lipinski definition) is 5. The summed E-state index contributed by atoms with van der Waals surface area (Å²) in [5.74, 6) is -1.89. The molecule has 1 aliphatic rings. The molecule has 2 unspecified atom stereocenters. The van der Waals surface area contributed by atoms with Gasteiger partial charge in [-0.05, 0) is 12.0 Å². The number of benzene rings is 1. The summed E-state index contributed by atoms with van der Waals surface area (Å²) in [7, 11) is -2.67. The fourth-order valence-corrected chi connectivity index (χ4v) is 3.78. The SMILES string of the molecule is COC(=O)CC1(OP(=O)(O)Cc2ccccc2)CCCO1. The van der Waals surface area contributed by atoms with E-state index in [0.29, 0.717) is 25.0 Å². The lowest BCUT2D eigenvalue weighted by atomic mass is 10.1. The molecule has 0 aliphatic carbocycles. The predicted molar refractivity (Wildman–Crippen MR) is 75.6 cm³/mol. The molecule has 0 radical (unpaired) electrons. The highest BCUT2D eigenvalue weighted by atomic mass is 31.2. The minimum Gasteiger partial charge on any atom is -0.469 e. The van der Waals surface area contributed by atoms with Crippen molar-refractivity contribution in [1.29, 1.82) is 0 Å². The molecule has 0 saturated carbocycles. The second-order valence-corrected chi connectivity index (χ2v) is 6.76. The van der Waals surface area contributed by atoms with Crippen molar-refractivity contribution in [2.45, 2.75) is 31.2 Å². The third kappa shape index (κ3) is 4.64. The highest BCUT2D eigenvalue weighted by Crippen LogP contribution is 2.52. The highest BCUT2D eigenvalue weighted by Gasteiger charge is 2.44. The third-order valence-electron chi connectivity index (χ3n) is 3.24. The van der Waals surface area contributed by atoms with Crippen LogP contribution in [0.4, 0.5) is 0 Å². The summed E-state index contributed by atoms with van der Waals surface area (Å²) >= 11 is 0. The fraction of sp³-hybridized carbons (Fsp3) is 0.500. The van der Waals surface area contributed by atoms with Crippen LogP contribution in [0.1, 0.15) is 24.8 Å². The summed E-state index contributed by atoms with van der Waals surface area (Å²) in [5.41, 5.74) is 0.689. The molecule has 7 heteroatoms. The third-order valence-corrected chi connectivity index (χ3v) is 4.63. The van der Waals surface area contributed by atoms with Crippen LogP contribution in [0.2, 0.25) is 0 Å². The van der Waals surface area contributed by atoms with E-state index in [4.69, 9.17) is 9.26 Å². The Morgan fingerprint density at radius 1 is 1.43 bits per heavy atom. The van der Waals surface area contributed by atoms with Gasteiger partial charge in [0.25, 0.3) is 0 Å². The maximum absolute atomic E-state index is 12.3. The second-order valence-electron chi connectivity index (χ2n) is 4.99. The van der Waals surface area contributed by atoms with Gasteiger partial charge in [0.05, 0.1) is 19.9 Å². The highest BCUT2D eigenvalue weighted by molar-refractivity contribution is 7.52. The van der Waals surface area contributed by atoms with Gasteiger partial charge in [-0.1, -0.05) is 30.3 Å². The van der Waals surface area contributed by atoms with Crippen LogP contribution in [0.15, 0.2) is 30.3 Å². The van der Waals surface area contributed by atoms with Gasteiger partial charge in [0.1, 0.15) is 6.42 Å². The van der Waals surface area contributed by atoms with Crippen LogP contribution in [-0.4, -0.2) is 30.4 Å². The number of methoxy groups -OCH3 is 1. The average molecular weight is 314 g/mol. The molecule has 1 N–H and O–H groups in total. The molecule has 0 aromatic heterocycles. The van der Waals surface area contributed by atoms with Crippen molar-refractivity contribution in [2.24, 2.45) is 0 Å². The molecule has 1 fully saturated rings. The van der Waals surface area contributed by atoms with E-state index in [9.17, 15) is 14.3 Å². The van der Waals surface area contributed by atoms with Crippen molar-refractivity contribution in [3.63, 3.8) is 0 Å². The summed E-state index contributed by atoms with van der Waals surface area (Å²) in [6.45, 7) is 0.391. The minimum atomic E-state index is -3.93. The van der Waals surface area contributed by atoms with Crippen molar-refractivity contribution in [3.05, 3.63) is 35.9 Å². The monoisotopic (exact) mass is 314 g/mol. The Morgan fingerprint density at radius 3 is 2.71 bits per heavy atom. The number of carbonyl (C=O) groups is 1. The molecule has 1 aromatic carbocycles. The summed E-state index contributed by atoms with van der Waals surface area (Å²) in [5, 5.41) is 0. The lowest BCUT2D eigenvalue weighted by Gasteiger charge is -2.29. The first-order valence-corrected chi connectivity index (χ1v) is 8.48. The number of hydrogen-bond donors (Lipinski definition) is 1. The minimum absolute atomic E-state index is 0.125. The molecule has 2 rings (SSSR count). The maximum Gasteiger partial charge on any atom is 0.335 e. The van der Waals surface area contributed by atoms with Gasteiger partial charge in [0.2, 0.25) is 0 Å². The summed E-state index contributed by atoms with van der Waals surface area (Å²) in [6.07, 6.45) is 0.743. The van der Waals surface area contributed by atoms with E-state index in [0.717, 1.165) is 0 Å². The fourth-order valence-electron chi connectivity index (χ4n) is 2.31. The van der Waals surface area contributed by atoms with Crippen LogP contribution in [-0.2, 0) is 29.5 Å². The van der Waals surface area contributed by atoms with E-state index in [1.165, 1.54) is 7.11 Å². The van der Waals surface area contributed by atoms with Crippen molar-refractivity contribution in [2.75, 3.05) is 13.7 Å². The molecule has 0 amide bonds. The van der Waals surface area contributed by atoms with Crippen LogP contribution < -0.4 is 0 Å². The first-order valence-electron chi connectivity index (χ1n) is 6.72. The van der Waals surface area contributed by atoms with Crippen molar-refractivity contribution in [3.8, 4) is 0 Å². The van der Waals surface area contributed by atoms with E-state index in [-0.39, 0.29) is 12.6 Å². The zero-order valence-electron chi connectivity index (χ0n) is 11.9. The second kappa shape index (κ2) is 6.71. The Bertz CT molecular complexity index is 524. The molecule has 0 spiro atoms. The van der Waals surface area contributed by atoms with Crippen molar-refractivity contribution in [1.82, 2.24) is 0 Å². The van der Waals surface area contributed by atoms with Crippen LogP contribution in [0, 0.1) is 0 Å². The summed E-state index contributed by atoms with van der Waals surface area (Å²) in [4.78, 5) is 21.5. The van der Waals surface area contributed by atoms with Crippen LogP contribution in [0.25, 0.3) is 0 Å². The Morgan fingerprint density at radius 2 is 2.14 bits per heavy atom. The molecule has 21 heavy (non-hydrogen) atoms. The van der Waals surface area contributed by atoms with Gasteiger partial charge in [0, 0.05) is 6.42 Å². The van der Waals surface area contributed by atoms with E-state index >= 15 is 0 Å². The van der Waals surface area contributed by atoms with Crippen LogP contribution in [0.3, 0.4) is 0 Å². The zero-order chi connectivity index (χ0) is 15.3. The first kappa shape index (κ1) is 16.2. The van der Waals surface area contributed by atoms with Gasteiger partial charge < -0.3 is 14.4 Å². The Kier molecular flexibility index (Phi) is 5.17. The summed E-state index contributed by atoms with van der Waals surface area (Å²) < 4.78 is 27.7. The number of ether oxygens (including phenoxy) is 2. The molecule has 1 aliphatic heterocycles. The molecule has 6 nitrogen and oxygen atoms in total. The number of esters is 1. The predicted octanol–water partition coefficient (Wildman–Crippen LogP) is 2.46. The summed E-state index contributed by atoms with van der Waals surface area (Å²) in [6, 6.07) is 8.88. The molecular weight excluding hydrogens is 295 g/mol. The standard InChI is InChI=1S/C14H19O6P/c1-18-13(15)10-14(8-5-9-19-14)20-21(16,17)11-12-6-3-2-4-7-12/h2-4,6-7H,5,8-11H2,1H3,(H,16,17).